The van der Waals surface area contributed by atoms with E-state index in [4.69, 9.17) is 0 Å². The Labute approximate surface area is 151 Å². The average molecular weight is 348 g/mol. The Kier molecular flexibility index (Phi) is 4.24. The van der Waals surface area contributed by atoms with Crippen molar-refractivity contribution < 1.29 is 4.79 Å². The van der Waals surface area contributed by atoms with Crippen molar-refractivity contribution in [2.75, 3.05) is 13.1 Å². The Morgan fingerprint density at radius 1 is 1.15 bits per heavy atom. The molecule has 1 aliphatic rings. The van der Waals surface area contributed by atoms with Crippen LogP contribution in [0.25, 0.3) is 10.8 Å². The number of nitrogens with zero attached hydrogens (tertiary/aromatic N) is 4. The summed E-state index contributed by atoms with van der Waals surface area (Å²) in [6, 6.07) is 13.1. The molecule has 1 saturated heterocycles. The molecule has 0 N–H and O–H groups in total. The minimum Gasteiger partial charge on any atom is -0.337 e. The topological polar surface area (TPSA) is 68.1 Å². The van der Waals surface area contributed by atoms with E-state index in [0.29, 0.717) is 35.5 Å². The van der Waals surface area contributed by atoms with Crippen molar-refractivity contribution in [3.05, 3.63) is 70.4 Å². The van der Waals surface area contributed by atoms with E-state index in [1.807, 2.05) is 29.2 Å². The Balaban J connectivity index is 1.58. The predicted molar refractivity (Wildman–Crippen MR) is 98.9 cm³/mol. The van der Waals surface area contributed by atoms with Gasteiger partial charge in [-0.15, -0.1) is 0 Å². The van der Waals surface area contributed by atoms with Crippen LogP contribution >= 0.6 is 0 Å². The van der Waals surface area contributed by atoms with Crippen LogP contribution in [-0.4, -0.2) is 38.7 Å². The van der Waals surface area contributed by atoms with E-state index in [9.17, 15) is 9.59 Å². The van der Waals surface area contributed by atoms with Gasteiger partial charge in [-0.2, -0.15) is 5.10 Å². The molecular formula is C20H20N4O2. The van der Waals surface area contributed by atoms with Crippen LogP contribution in [0.15, 0.2) is 53.5 Å². The maximum absolute atomic E-state index is 13.1. The van der Waals surface area contributed by atoms with Gasteiger partial charge < -0.3 is 4.90 Å². The van der Waals surface area contributed by atoms with Crippen molar-refractivity contribution in [2.24, 2.45) is 13.0 Å². The molecule has 1 amide bonds. The molecule has 3 aromatic rings. The van der Waals surface area contributed by atoms with Gasteiger partial charge in [0.05, 0.1) is 5.39 Å². The lowest BCUT2D eigenvalue weighted by Crippen LogP contribution is -2.32. The molecule has 3 heterocycles. The first-order valence-corrected chi connectivity index (χ1v) is 8.78. The highest BCUT2D eigenvalue weighted by atomic mass is 16.2. The van der Waals surface area contributed by atoms with Gasteiger partial charge in [-0.3, -0.25) is 14.6 Å². The first-order valence-electron chi connectivity index (χ1n) is 8.78. The van der Waals surface area contributed by atoms with Crippen molar-refractivity contribution in [1.29, 1.82) is 0 Å². The van der Waals surface area contributed by atoms with Crippen LogP contribution < -0.4 is 5.56 Å². The van der Waals surface area contributed by atoms with Crippen molar-refractivity contribution in [2.45, 2.75) is 12.8 Å². The summed E-state index contributed by atoms with van der Waals surface area (Å²) in [6.07, 6.45) is 3.62. The monoisotopic (exact) mass is 348 g/mol. The number of benzene rings is 1. The number of hydrogen-bond acceptors (Lipinski definition) is 4. The molecule has 6 heteroatoms. The van der Waals surface area contributed by atoms with Gasteiger partial charge in [-0.25, -0.2) is 4.68 Å². The minimum atomic E-state index is -0.188. The molecule has 6 nitrogen and oxygen atoms in total. The fourth-order valence-electron chi connectivity index (χ4n) is 3.61. The van der Waals surface area contributed by atoms with Gasteiger partial charge in [0, 0.05) is 37.4 Å². The second kappa shape index (κ2) is 6.71. The lowest BCUT2D eigenvalue weighted by atomic mass is 10.0. The minimum absolute atomic E-state index is 0.111. The molecule has 0 spiro atoms. The SMILES string of the molecule is Cn1nc(C(=O)N2CCC(Cc3ccccn3)C2)c2ccccc2c1=O. The van der Waals surface area contributed by atoms with Crippen LogP contribution in [-0.2, 0) is 13.5 Å². The highest BCUT2D eigenvalue weighted by Crippen LogP contribution is 2.23. The first-order chi connectivity index (χ1) is 12.6. The summed E-state index contributed by atoms with van der Waals surface area (Å²) in [6.45, 7) is 1.39. The summed E-state index contributed by atoms with van der Waals surface area (Å²) in [5, 5.41) is 5.40. The van der Waals surface area contributed by atoms with Crippen LogP contribution in [0, 0.1) is 5.92 Å². The van der Waals surface area contributed by atoms with E-state index >= 15 is 0 Å². The number of hydrogen-bond donors (Lipinski definition) is 0. The molecule has 0 radical (unpaired) electrons. The van der Waals surface area contributed by atoms with E-state index in [2.05, 4.69) is 10.1 Å². The summed E-state index contributed by atoms with van der Waals surface area (Å²) < 4.78 is 1.25. The number of aryl methyl sites for hydroxylation is 1. The molecular weight excluding hydrogens is 328 g/mol. The van der Waals surface area contributed by atoms with Gasteiger partial charge >= 0.3 is 0 Å². The van der Waals surface area contributed by atoms with E-state index < -0.39 is 0 Å². The highest BCUT2D eigenvalue weighted by molar-refractivity contribution is 6.04. The number of amides is 1. The number of carbonyl (C=O) groups is 1. The Morgan fingerprint density at radius 2 is 1.92 bits per heavy atom. The first kappa shape index (κ1) is 16.4. The quantitative estimate of drug-likeness (QED) is 0.726. The molecule has 132 valence electrons. The lowest BCUT2D eigenvalue weighted by Gasteiger charge is -2.17. The van der Waals surface area contributed by atoms with Gasteiger partial charge in [0.15, 0.2) is 5.69 Å². The number of rotatable bonds is 3. The van der Waals surface area contributed by atoms with Crippen LogP contribution in [0.3, 0.4) is 0 Å². The molecule has 1 aliphatic heterocycles. The molecule has 1 aromatic carbocycles. The van der Waals surface area contributed by atoms with Crippen LogP contribution in [0.4, 0.5) is 0 Å². The fraction of sp³-hybridized carbons (Fsp3) is 0.300. The van der Waals surface area contributed by atoms with Crippen LogP contribution in [0.1, 0.15) is 22.6 Å². The van der Waals surface area contributed by atoms with Crippen molar-refractivity contribution in [3.8, 4) is 0 Å². The maximum atomic E-state index is 13.1. The van der Waals surface area contributed by atoms with E-state index in [1.54, 1.807) is 31.4 Å². The molecule has 26 heavy (non-hydrogen) atoms. The highest BCUT2D eigenvalue weighted by Gasteiger charge is 2.29. The molecule has 2 aromatic heterocycles. The van der Waals surface area contributed by atoms with Gasteiger partial charge in [0.25, 0.3) is 11.5 Å². The molecule has 1 unspecified atom stereocenters. The third-order valence-electron chi connectivity index (χ3n) is 4.96. The zero-order valence-electron chi connectivity index (χ0n) is 14.6. The van der Waals surface area contributed by atoms with Crippen LogP contribution in [0.2, 0.25) is 0 Å². The Bertz CT molecular complexity index is 1010. The molecule has 1 atom stereocenters. The van der Waals surface area contributed by atoms with Gasteiger partial charge in [0.2, 0.25) is 0 Å². The number of fused-ring (bicyclic) bond motifs is 1. The Hall–Kier alpha value is -3.02. The number of carbonyl (C=O) groups excluding carboxylic acids is 1. The second-order valence-electron chi connectivity index (χ2n) is 6.75. The molecule has 0 saturated carbocycles. The molecule has 0 aliphatic carbocycles. The van der Waals surface area contributed by atoms with Crippen molar-refractivity contribution in [3.63, 3.8) is 0 Å². The molecule has 0 bridgehead atoms. The summed E-state index contributed by atoms with van der Waals surface area (Å²) in [7, 11) is 1.58. The smallest absolute Gasteiger partial charge is 0.274 e. The summed E-state index contributed by atoms with van der Waals surface area (Å²) in [5.74, 6) is 0.285. The normalized spacial score (nSPS) is 17.0. The number of pyridine rings is 1. The zero-order chi connectivity index (χ0) is 18.1. The second-order valence-corrected chi connectivity index (χ2v) is 6.75. The molecule has 1 fully saturated rings. The van der Waals surface area contributed by atoms with E-state index in [0.717, 1.165) is 18.5 Å². The number of aromatic nitrogens is 3. The fourth-order valence-corrected chi connectivity index (χ4v) is 3.61. The Morgan fingerprint density at radius 3 is 2.69 bits per heavy atom. The standard InChI is InChI=1S/C20H20N4O2/c1-23-19(25)17-8-3-2-7-16(17)18(22-23)20(26)24-11-9-14(13-24)12-15-6-4-5-10-21-15/h2-8,10,14H,9,11-13H2,1H3. The predicted octanol–water partition coefficient (Wildman–Crippen LogP) is 2.03. The third kappa shape index (κ3) is 2.98. The summed E-state index contributed by atoms with van der Waals surface area (Å²) in [4.78, 5) is 31.5. The summed E-state index contributed by atoms with van der Waals surface area (Å²) >= 11 is 0. The maximum Gasteiger partial charge on any atom is 0.274 e. The van der Waals surface area contributed by atoms with Gasteiger partial charge in [-0.1, -0.05) is 24.3 Å². The van der Waals surface area contributed by atoms with E-state index in [1.165, 1.54) is 4.68 Å². The summed E-state index contributed by atoms with van der Waals surface area (Å²) in [5.41, 5.74) is 1.21. The average Bonchev–Trinajstić information content (AvgIpc) is 3.13. The third-order valence-corrected chi connectivity index (χ3v) is 4.96. The van der Waals surface area contributed by atoms with E-state index in [-0.39, 0.29) is 11.5 Å². The van der Waals surface area contributed by atoms with Gasteiger partial charge in [0.1, 0.15) is 0 Å². The largest absolute Gasteiger partial charge is 0.337 e. The lowest BCUT2D eigenvalue weighted by molar-refractivity contribution is 0.0781. The van der Waals surface area contributed by atoms with Crippen LogP contribution in [0.5, 0.6) is 0 Å². The zero-order valence-corrected chi connectivity index (χ0v) is 14.6. The molecule has 4 rings (SSSR count). The van der Waals surface area contributed by atoms with Gasteiger partial charge in [-0.05, 0) is 37.0 Å². The van der Waals surface area contributed by atoms with Crippen molar-refractivity contribution in [1.82, 2.24) is 19.7 Å². The van der Waals surface area contributed by atoms with Crippen molar-refractivity contribution >= 4 is 16.7 Å². The number of likely N-dealkylation sites (tertiary alicyclic amines) is 1.